The molecule has 126 valence electrons. The second-order valence-electron chi connectivity index (χ2n) is 5.79. The maximum atomic E-state index is 12.5. The van der Waals surface area contributed by atoms with E-state index in [0.29, 0.717) is 32.9 Å². The Kier molecular flexibility index (Phi) is 5.35. The van der Waals surface area contributed by atoms with E-state index < -0.39 is 0 Å². The van der Waals surface area contributed by atoms with Crippen LogP contribution in [0.2, 0.25) is 0 Å². The van der Waals surface area contributed by atoms with E-state index in [1.165, 1.54) is 0 Å². The first-order valence-corrected chi connectivity index (χ1v) is 8.19. The van der Waals surface area contributed by atoms with Crippen molar-refractivity contribution in [2.45, 2.75) is 18.9 Å². The second-order valence-corrected chi connectivity index (χ2v) is 5.79. The van der Waals surface area contributed by atoms with E-state index in [4.69, 9.17) is 14.2 Å². The molecular formula is C17H24N2O4. The molecule has 1 fully saturated rings. The van der Waals surface area contributed by atoms with Crippen LogP contribution in [-0.2, 0) is 9.53 Å². The zero-order valence-corrected chi connectivity index (χ0v) is 13.5. The molecule has 1 aromatic rings. The summed E-state index contributed by atoms with van der Waals surface area (Å²) in [5, 5.41) is 3.13. The van der Waals surface area contributed by atoms with Gasteiger partial charge in [-0.3, -0.25) is 4.79 Å². The van der Waals surface area contributed by atoms with Gasteiger partial charge >= 0.3 is 0 Å². The molecule has 2 aliphatic heterocycles. The summed E-state index contributed by atoms with van der Waals surface area (Å²) in [7, 11) is 1.65. The molecule has 0 aliphatic carbocycles. The van der Waals surface area contributed by atoms with Crippen LogP contribution in [0, 0.1) is 0 Å². The van der Waals surface area contributed by atoms with Gasteiger partial charge in [-0.15, -0.1) is 0 Å². The number of amides is 1. The molecule has 1 amide bonds. The van der Waals surface area contributed by atoms with Crippen molar-refractivity contribution in [2.24, 2.45) is 0 Å². The van der Waals surface area contributed by atoms with Crippen LogP contribution in [0.4, 0.5) is 0 Å². The number of nitrogens with zero attached hydrogens (tertiary/aromatic N) is 1. The summed E-state index contributed by atoms with van der Waals surface area (Å²) < 4.78 is 16.5. The quantitative estimate of drug-likeness (QED) is 0.802. The van der Waals surface area contributed by atoms with Crippen LogP contribution in [0.25, 0.3) is 0 Å². The zero-order valence-electron chi connectivity index (χ0n) is 13.5. The summed E-state index contributed by atoms with van der Waals surface area (Å²) >= 11 is 0. The predicted molar refractivity (Wildman–Crippen MR) is 85.9 cm³/mol. The topological polar surface area (TPSA) is 60.0 Å². The fourth-order valence-electron chi connectivity index (χ4n) is 3.22. The van der Waals surface area contributed by atoms with E-state index in [1.807, 2.05) is 23.1 Å². The summed E-state index contributed by atoms with van der Waals surface area (Å²) in [6.45, 7) is 3.55. The first-order valence-electron chi connectivity index (χ1n) is 8.19. The van der Waals surface area contributed by atoms with Gasteiger partial charge in [0.25, 0.3) is 0 Å². The van der Waals surface area contributed by atoms with Gasteiger partial charge in [0.15, 0.2) is 11.5 Å². The number of benzene rings is 1. The van der Waals surface area contributed by atoms with Gasteiger partial charge in [-0.1, -0.05) is 12.1 Å². The third-order valence-electron chi connectivity index (χ3n) is 4.29. The summed E-state index contributed by atoms with van der Waals surface area (Å²) in [4.78, 5) is 14.5. The highest BCUT2D eigenvalue weighted by atomic mass is 16.6. The smallest absolute Gasteiger partial charge is 0.237 e. The average molecular weight is 320 g/mol. The van der Waals surface area contributed by atoms with E-state index in [1.54, 1.807) is 7.11 Å². The number of likely N-dealkylation sites (tertiary alicyclic amines) is 1. The maximum Gasteiger partial charge on any atom is 0.237 e. The van der Waals surface area contributed by atoms with Gasteiger partial charge in [0, 0.05) is 25.8 Å². The molecule has 2 heterocycles. The highest BCUT2D eigenvalue weighted by Gasteiger charge is 2.33. The van der Waals surface area contributed by atoms with Gasteiger partial charge in [-0.2, -0.15) is 0 Å². The Hall–Kier alpha value is -1.79. The Labute approximate surface area is 136 Å². The lowest BCUT2D eigenvalue weighted by Gasteiger charge is -2.29. The molecule has 3 rings (SSSR count). The minimum atomic E-state index is 0.0726. The molecular weight excluding hydrogens is 296 g/mol. The number of ether oxygens (including phenoxy) is 3. The lowest BCUT2D eigenvalue weighted by molar-refractivity contribution is -0.131. The van der Waals surface area contributed by atoms with Crippen molar-refractivity contribution in [1.82, 2.24) is 10.2 Å². The summed E-state index contributed by atoms with van der Waals surface area (Å²) in [5.41, 5.74) is 1.06. The van der Waals surface area contributed by atoms with Crippen molar-refractivity contribution in [3.8, 4) is 11.5 Å². The molecule has 1 saturated heterocycles. The van der Waals surface area contributed by atoms with E-state index >= 15 is 0 Å². The predicted octanol–water partition coefficient (Wildman–Crippen LogP) is 1.36. The second kappa shape index (κ2) is 7.66. The standard InChI is InChI=1S/C17H24N2O4/c1-21-9-7-18-12-16(20)19-8-3-5-14(19)13-4-2-6-15-17(13)23-11-10-22-15/h2,4,6,14,18H,3,5,7-12H2,1H3. The number of carbonyl (C=O) groups is 1. The molecule has 6 nitrogen and oxygen atoms in total. The lowest BCUT2D eigenvalue weighted by atomic mass is 10.0. The number of rotatable bonds is 6. The van der Waals surface area contributed by atoms with Crippen LogP contribution in [0.1, 0.15) is 24.4 Å². The van der Waals surface area contributed by atoms with E-state index in [9.17, 15) is 4.79 Å². The number of para-hydroxylation sites is 1. The maximum absolute atomic E-state index is 12.5. The lowest BCUT2D eigenvalue weighted by Crippen LogP contribution is -2.38. The van der Waals surface area contributed by atoms with Gasteiger partial charge in [0.2, 0.25) is 5.91 Å². The van der Waals surface area contributed by atoms with Crippen molar-refractivity contribution >= 4 is 5.91 Å². The molecule has 0 spiro atoms. The first-order chi connectivity index (χ1) is 11.3. The SMILES string of the molecule is COCCNCC(=O)N1CCCC1c1cccc2c1OCCO2. The minimum Gasteiger partial charge on any atom is -0.486 e. The average Bonchev–Trinajstić information content (AvgIpc) is 3.07. The molecule has 0 bridgehead atoms. The Morgan fingerprint density at radius 1 is 1.39 bits per heavy atom. The Morgan fingerprint density at radius 3 is 3.13 bits per heavy atom. The number of methoxy groups -OCH3 is 1. The van der Waals surface area contributed by atoms with Crippen LogP contribution in [0.3, 0.4) is 0 Å². The largest absolute Gasteiger partial charge is 0.486 e. The molecule has 0 saturated carbocycles. The van der Waals surface area contributed by atoms with Crippen molar-refractivity contribution in [3.63, 3.8) is 0 Å². The molecule has 1 unspecified atom stereocenters. The molecule has 6 heteroatoms. The number of carbonyl (C=O) groups excluding carboxylic acids is 1. The molecule has 1 aromatic carbocycles. The van der Waals surface area contributed by atoms with Crippen LogP contribution in [0.5, 0.6) is 11.5 Å². The monoisotopic (exact) mass is 320 g/mol. The van der Waals surface area contributed by atoms with Gasteiger partial charge in [-0.25, -0.2) is 0 Å². The highest BCUT2D eigenvalue weighted by molar-refractivity contribution is 5.79. The number of hydrogen-bond donors (Lipinski definition) is 1. The minimum absolute atomic E-state index is 0.0726. The van der Waals surface area contributed by atoms with Gasteiger partial charge < -0.3 is 24.4 Å². The van der Waals surface area contributed by atoms with Crippen molar-refractivity contribution in [1.29, 1.82) is 0 Å². The molecule has 0 radical (unpaired) electrons. The summed E-state index contributed by atoms with van der Waals surface area (Å²) in [5.74, 6) is 1.71. The molecule has 0 aromatic heterocycles. The summed E-state index contributed by atoms with van der Waals surface area (Å²) in [6, 6.07) is 6.01. The van der Waals surface area contributed by atoms with Crippen molar-refractivity contribution < 1.29 is 19.0 Å². The fraction of sp³-hybridized carbons (Fsp3) is 0.588. The Balaban J connectivity index is 1.70. The van der Waals surface area contributed by atoms with Crippen LogP contribution in [-0.4, -0.2) is 57.4 Å². The number of hydrogen-bond acceptors (Lipinski definition) is 5. The van der Waals surface area contributed by atoms with E-state index in [0.717, 1.165) is 36.4 Å². The van der Waals surface area contributed by atoms with Crippen LogP contribution in [0.15, 0.2) is 18.2 Å². The van der Waals surface area contributed by atoms with E-state index in [-0.39, 0.29) is 11.9 Å². The van der Waals surface area contributed by atoms with Crippen molar-refractivity contribution in [2.75, 3.05) is 46.6 Å². The molecule has 23 heavy (non-hydrogen) atoms. The normalized spacial score (nSPS) is 19.9. The Bertz CT molecular complexity index is 549. The summed E-state index contributed by atoms with van der Waals surface area (Å²) in [6.07, 6.45) is 1.97. The van der Waals surface area contributed by atoms with Crippen molar-refractivity contribution in [3.05, 3.63) is 23.8 Å². The number of fused-ring (bicyclic) bond motifs is 1. The number of nitrogens with one attached hydrogen (secondary N) is 1. The molecule has 2 aliphatic rings. The highest BCUT2D eigenvalue weighted by Crippen LogP contribution is 2.42. The van der Waals surface area contributed by atoms with Gasteiger partial charge in [-0.05, 0) is 18.9 Å². The first kappa shape index (κ1) is 16.1. The third-order valence-corrected chi connectivity index (χ3v) is 4.29. The van der Waals surface area contributed by atoms with Gasteiger partial charge in [0.05, 0.1) is 19.2 Å². The fourth-order valence-corrected chi connectivity index (χ4v) is 3.22. The van der Waals surface area contributed by atoms with Crippen LogP contribution >= 0.6 is 0 Å². The van der Waals surface area contributed by atoms with Crippen LogP contribution < -0.4 is 14.8 Å². The molecule has 1 N–H and O–H groups in total. The Morgan fingerprint density at radius 2 is 2.26 bits per heavy atom. The zero-order chi connectivity index (χ0) is 16.1. The third kappa shape index (κ3) is 3.59. The van der Waals surface area contributed by atoms with E-state index in [2.05, 4.69) is 5.32 Å². The van der Waals surface area contributed by atoms with Gasteiger partial charge in [0.1, 0.15) is 13.2 Å². The molecule has 1 atom stereocenters.